The number of nitrogens with two attached hydrogens (primary N) is 1. The van der Waals surface area contributed by atoms with Crippen molar-refractivity contribution < 1.29 is 13.2 Å². The van der Waals surface area contributed by atoms with Crippen LogP contribution in [0.25, 0.3) is 11.0 Å². The normalized spacial score (nSPS) is 12.2. The smallest absolute Gasteiger partial charge is 0.399 e. The monoisotopic (exact) mass is 297 g/mol. The van der Waals surface area contributed by atoms with Gasteiger partial charge in [-0.2, -0.15) is 13.2 Å². The van der Waals surface area contributed by atoms with Crippen LogP contribution in [0.1, 0.15) is 10.7 Å². The second-order valence-electron chi connectivity index (χ2n) is 4.35. The highest BCUT2D eigenvalue weighted by Crippen LogP contribution is 2.32. The number of alkyl halides is 3. The molecule has 2 aromatic heterocycles. The number of nitrogen functional groups attached to an aromatic ring is 1. The molecule has 3 nitrogen and oxygen atoms in total. The first kappa shape index (κ1) is 13.0. The maximum atomic E-state index is 13.1. The van der Waals surface area contributed by atoms with E-state index in [1.807, 2.05) is 11.4 Å². The fourth-order valence-corrected chi connectivity index (χ4v) is 2.77. The molecule has 0 saturated carbocycles. The number of imidazole rings is 1. The van der Waals surface area contributed by atoms with Crippen LogP contribution in [0.3, 0.4) is 0 Å². The van der Waals surface area contributed by atoms with Crippen LogP contribution in [0.5, 0.6) is 0 Å². The van der Waals surface area contributed by atoms with Crippen molar-refractivity contribution in [3.63, 3.8) is 0 Å². The van der Waals surface area contributed by atoms with Gasteiger partial charge in [0.2, 0.25) is 5.82 Å². The molecule has 2 N–H and O–H groups in total. The van der Waals surface area contributed by atoms with Crippen molar-refractivity contribution in [2.75, 3.05) is 5.73 Å². The molecule has 104 valence electrons. The SMILES string of the molecule is Nc1ccc2c(c1)nc(C(F)(F)F)n2Cc1cccs1. The Morgan fingerprint density at radius 1 is 1.25 bits per heavy atom. The van der Waals surface area contributed by atoms with E-state index < -0.39 is 12.0 Å². The molecule has 0 saturated heterocycles. The second kappa shape index (κ2) is 4.52. The van der Waals surface area contributed by atoms with Crippen LogP contribution in [-0.4, -0.2) is 9.55 Å². The van der Waals surface area contributed by atoms with Crippen LogP contribution in [-0.2, 0) is 12.7 Å². The van der Waals surface area contributed by atoms with Gasteiger partial charge in [0.15, 0.2) is 0 Å². The molecule has 0 fully saturated rings. The van der Waals surface area contributed by atoms with Crippen molar-refractivity contribution in [3.8, 4) is 0 Å². The first-order valence-corrected chi connectivity index (χ1v) is 6.68. The number of thiophene rings is 1. The van der Waals surface area contributed by atoms with E-state index in [9.17, 15) is 13.2 Å². The molecule has 0 aliphatic heterocycles. The van der Waals surface area contributed by atoms with E-state index in [-0.39, 0.29) is 12.1 Å². The van der Waals surface area contributed by atoms with Gasteiger partial charge in [0, 0.05) is 10.6 Å². The summed E-state index contributed by atoms with van der Waals surface area (Å²) in [5.41, 5.74) is 6.68. The van der Waals surface area contributed by atoms with Crippen molar-refractivity contribution in [1.82, 2.24) is 9.55 Å². The number of anilines is 1. The second-order valence-corrected chi connectivity index (χ2v) is 5.38. The van der Waals surface area contributed by atoms with Gasteiger partial charge < -0.3 is 10.3 Å². The average molecular weight is 297 g/mol. The predicted molar refractivity (Wildman–Crippen MR) is 72.6 cm³/mol. The largest absolute Gasteiger partial charge is 0.449 e. The van der Waals surface area contributed by atoms with Crippen LogP contribution < -0.4 is 5.73 Å². The molecule has 20 heavy (non-hydrogen) atoms. The Bertz CT molecular complexity index is 744. The van der Waals surface area contributed by atoms with E-state index in [1.165, 1.54) is 22.0 Å². The third kappa shape index (κ3) is 2.24. The molecule has 0 atom stereocenters. The first-order valence-electron chi connectivity index (χ1n) is 5.80. The number of hydrogen-bond acceptors (Lipinski definition) is 3. The van der Waals surface area contributed by atoms with E-state index in [0.717, 1.165) is 4.88 Å². The molecule has 0 radical (unpaired) electrons. The van der Waals surface area contributed by atoms with E-state index in [2.05, 4.69) is 4.98 Å². The maximum Gasteiger partial charge on any atom is 0.449 e. The lowest BCUT2D eigenvalue weighted by atomic mass is 10.3. The first-order chi connectivity index (χ1) is 9.45. The summed E-state index contributed by atoms with van der Waals surface area (Å²) in [5, 5.41) is 1.83. The Labute approximate surface area is 116 Å². The van der Waals surface area contributed by atoms with Crippen molar-refractivity contribution in [2.45, 2.75) is 12.7 Å². The van der Waals surface area contributed by atoms with Gasteiger partial charge in [0.1, 0.15) is 0 Å². The summed E-state index contributed by atoms with van der Waals surface area (Å²) in [4.78, 5) is 4.53. The number of fused-ring (bicyclic) bond motifs is 1. The molecular formula is C13H10F3N3S. The van der Waals surface area contributed by atoms with Gasteiger partial charge in [-0.25, -0.2) is 4.98 Å². The van der Waals surface area contributed by atoms with Crippen LogP contribution in [0.4, 0.5) is 18.9 Å². The molecule has 3 rings (SSSR count). The highest BCUT2D eigenvalue weighted by Gasteiger charge is 2.37. The average Bonchev–Trinajstić information content (AvgIpc) is 2.97. The molecule has 0 unspecified atom stereocenters. The lowest BCUT2D eigenvalue weighted by Gasteiger charge is -2.10. The zero-order valence-corrected chi connectivity index (χ0v) is 11.0. The van der Waals surface area contributed by atoms with Crippen LogP contribution in [0.2, 0.25) is 0 Å². The summed E-state index contributed by atoms with van der Waals surface area (Å²) in [7, 11) is 0. The van der Waals surface area contributed by atoms with E-state index in [1.54, 1.807) is 18.2 Å². The van der Waals surface area contributed by atoms with Gasteiger partial charge in [-0.05, 0) is 29.6 Å². The topological polar surface area (TPSA) is 43.8 Å². The summed E-state index contributed by atoms with van der Waals surface area (Å²) in [5.74, 6) is -0.897. The quantitative estimate of drug-likeness (QED) is 0.732. The number of aromatic nitrogens is 2. The molecule has 7 heteroatoms. The molecule has 3 aromatic rings. The Morgan fingerprint density at radius 2 is 2.05 bits per heavy atom. The van der Waals surface area contributed by atoms with E-state index in [4.69, 9.17) is 5.73 Å². The minimum absolute atomic E-state index is 0.146. The summed E-state index contributed by atoms with van der Waals surface area (Å²) in [6.07, 6.45) is -4.49. The van der Waals surface area contributed by atoms with Crippen molar-refractivity contribution in [3.05, 3.63) is 46.4 Å². The predicted octanol–water partition coefficient (Wildman–Crippen LogP) is 3.75. The van der Waals surface area contributed by atoms with Gasteiger partial charge in [-0.1, -0.05) is 6.07 Å². The number of rotatable bonds is 2. The summed E-state index contributed by atoms with van der Waals surface area (Å²) >= 11 is 1.41. The molecule has 1 aromatic carbocycles. The fraction of sp³-hybridized carbons (Fsp3) is 0.154. The molecular weight excluding hydrogens is 287 g/mol. The molecule has 2 heterocycles. The van der Waals surface area contributed by atoms with Gasteiger partial charge >= 0.3 is 6.18 Å². The zero-order valence-electron chi connectivity index (χ0n) is 10.2. The number of hydrogen-bond donors (Lipinski definition) is 1. The summed E-state index contributed by atoms with van der Waals surface area (Å²) in [6, 6.07) is 8.21. The maximum absolute atomic E-state index is 13.1. The highest BCUT2D eigenvalue weighted by atomic mass is 32.1. The van der Waals surface area contributed by atoms with Gasteiger partial charge in [-0.15, -0.1) is 11.3 Å². The van der Waals surface area contributed by atoms with Crippen molar-refractivity contribution >= 4 is 28.1 Å². The van der Waals surface area contributed by atoms with E-state index in [0.29, 0.717) is 11.2 Å². The minimum Gasteiger partial charge on any atom is -0.399 e. The summed E-state index contributed by atoms with van der Waals surface area (Å²) in [6.45, 7) is 0.146. The fourth-order valence-electron chi connectivity index (χ4n) is 2.08. The number of halogens is 3. The third-order valence-corrected chi connectivity index (χ3v) is 3.78. The number of nitrogens with zero attached hydrogens (tertiary/aromatic N) is 2. The molecule has 0 amide bonds. The third-order valence-electron chi connectivity index (χ3n) is 2.92. The number of benzene rings is 1. The van der Waals surface area contributed by atoms with E-state index >= 15 is 0 Å². The molecule has 0 aliphatic rings. The lowest BCUT2D eigenvalue weighted by Crippen LogP contribution is -2.15. The van der Waals surface area contributed by atoms with Gasteiger partial charge in [-0.3, -0.25) is 0 Å². The van der Waals surface area contributed by atoms with Crippen LogP contribution >= 0.6 is 11.3 Å². The van der Waals surface area contributed by atoms with Crippen molar-refractivity contribution in [2.24, 2.45) is 0 Å². The molecule has 0 spiro atoms. The minimum atomic E-state index is -4.49. The highest BCUT2D eigenvalue weighted by molar-refractivity contribution is 7.09. The molecule has 0 aliphatic carbocycles. The van der Waals surface area contributed by atoms with Crippen molar-refractivity contribution in [1.29, 1.82) is 0 Å². The Hall–Kier alpha value is -2.02. The Kier molecular flexibility index (Phi) is 2.93. The zero-order chi connectivity index (χ0) is 14.3. The van der Waals surface area contributed by atoms with Crippen LogP contribution in [0.15, 0.2) is 35.7 Å². The van der Waals surface area contributed by atoms with Gasteiger partial charge in [0.25, 0.3) is 0 Å². The lowest BCUT2D eigenvalue weighted by molar-refractivity contribution is -0.146. The van der Waals surface area contributed by atoms with Gasteiger partial charge in [0.05, 0.1) is 17.6 Å². The Morgan fingerprint density at radius 3 is 2.70 bits per heavy atom. The molecule has 0 bridgehead atoms. The summed E-state index contributed by atoms with van der Waals surface area (Å²) < 4.78 is 40.5. The standard InChI is InChI=1S/C13H10F3N3S/c14-13(15,16)12-18-10-6-8(17)3-4-11(10)19(12)7-9-2-1-5-20-9/h1-6H,7,17H2. The van der Waals surface area contributed by atoms with Crippen LogP contribution in [0, 0.1) is 0 Å². The Balaban J connectivity index is 2.20.